The maximum Gasteiger partial charge on any atom is 0.139 e. The summed E-state index contributed by atoms with van der Waals surface area (Å²) in [6.45, 7) is 1.69. The van der Waals surface area contributed by atoms with E-state index in [1.165, 1.54) is 12.1 Å². The van der Waals surface area contributed by atoms with E-state index in [0.29, 0.717) is 26.9 Å². The largest absolute Gasteiger partial charge is 0.338 e. The molecule has 1 heterocycles. The normalized spacial score (nSPS) is 11.2. The van der Waals surface area contributed by atoms with Crippen molar-refractivity contribution in [2.24, 2.45) is 0 Å². The van der Waals surface area contributed by atoms with Gasteiger partial charge in [-0.05, 0) is 52.7 Å². The van der Waals surface area contributed by atoms with E-state index >= 15 is 0 Å². The van der Waals surface area contributed by atoms with Crippen LogP contribution in [-0.4, -0.2) is 9.97 Å². The lowest BCUT2D eigenvalue weighted by atomic mass is 10.1. The molecule has 0 spiro atoms. The molecule has 0 aliphatic rings. The van der Waals surface area contributed by atoms with E-state index in [1.807, 2.05) is 0 Å². The van der Waals surface area contributed by atoms with E-state index in [2.05, 4.69) is 25.9 Å². The highest BCUT2D eigenvalue weighted by molar-refractivity contribution is 9.10. The first-order valence-electron chi connectivity index (χ1n) is 5.66. The van der Waals surface area contributed by atoms with Crippen LogP contribution >= 0.6 is 15.9 Å². The summed E-state index contributed by atoms with van der Waals surface area (Å²) in [5.41, 5.74) is 2.58. The van der Waals surface area contributed by atoms with Crippen LogP contribution in [0.1, 0.15) is 5.56 Å². The molecule has 3 aromatic rings. The molecule has 19 heavy (non-hydrogen) atoms. The Labute approximate surface area is 116 Å². The zero-order valence-corrected chi connectivity index (χ0v) is 11.6. The Morgan fingerprint density at radius 1 is 1.11 bits per heavy atom. The monoisotopic (exact) mass is 322 g/mol. The number of aromatic nitrogens is 2. The summed E-state index contributed by atoms with van der Waals surface area (Å²) in [5, 5.41) is 0. The first kappa shape index (κ1) is 12.3. The van der Waals surface area contributed by atoms with Crippen molar-refractivity contribution in [3.05, 3.63) is 52.0 Å². The third-order valence-corrected chi connectivity index (χ3v) is 3.56. The Morgan fingerprint density at radius 2 is 1.89 bits per heavy atom. The number of rotatable bonds is 1. The summed E-state index contributed by atoms with van der Waals surface area (Å²) in [6, 6.07) is 7.74. The molecule has 2 aromatic carbocycles. The second-order valence-electron chi connectivity index (χ2n) is 4.33. The van der Waals surface area contributed by atoms with Crippen molar-refractivity contribution in [3.63, 3.8) is 0 Å². The van der Waals surface area contributed by atoms with E-state index < -0.39 is 0 Å². The summed E-state index contributed by atoms with van der Waals surface area (Å²) in [7, 11) is 0. The zero-order chi connectivity index (χ0) is 13.6. The summed E-state index contributed by atoms with van der Waals surface area (Å²) >= 11 is 3.12. The molecule has 1 aromatic heterocycles. The number of nitrogens with one attached hydrogen (secondary N) is 1. The molecular weight excluding hydrogens is 314 g/mol. The second kappa shape index (κ2) is 4.42. The minimum atomic E-state index is -0.349. The van der Waals surface area contributed by atoms with E-state index in [-0.39, 0.29) is 11.6 Å². The van der Waals surface area contributed by atoms with Gasteiger partial charge >= 0.3 is 0 Å². The van der Waals surface area contributed by atoms with Crippen molar-refractivity contribution in [2.75, 3.05) is 0 Å². The van der Waals surface area contributed by atoms with Gasteiger partial charge in [0.15, 0.2) is 0 Å². The molecule has 0 bridgehead atoms. The van der Waals surface area contributed by atoms with E-state index in [9.17, 15) is 8.78 Å². The van der Waals surface area contributed by atoms with Gasteiger partial charge in [-0.25, -0.2) is 13.8 Å². The molecule has 96 valence electrons. The van der Waals surface area contributed by atoms with Gasteiger partial charge < -0.3 is 4.98 Å². The Morgan fingerprint density at radius 3 is 2.63 bits per heavy atom. The van der Waals surface area contributed by atoms with Crippen LogP contribution in [0.2, 0.25) is 0 Å². The highest BCUT2D eigenvalue weighted by Crippen LogP contribution is 2.26. The van der Waals surface area contributed by atoms with E-state index in [1.54, 1.807) is 25.1 Å². The van der Waals surface area contributed by atoms with Gasteiger partial charge in [0.1, 0.15) is 17.5 Å². The van der Waals surface area contributed by atoms with E-state index in [0.717, 1.165) is 5.56 Å². The Balaban J connectivity index is 2.17. The van der Waals surface area contributed by atoms with Crippen molar-refractivity contribution in [1.82, 2.24) is 9.97 Å². The smallest absolute Gasteiger partial charge is 0.139 e. The van der Waals surface area contributed by atoms with Gasteiger partial charge in [-0.3, -0.25) is 0 Å². The highest BCUT2D eigenvalue weighted by Gasteiger charge is 2.09. The van der Waals surface area contributed by atoms with Crippen molar-refractivity contribution in [1.29, 1.82) is 0 Å². The zero-order valence-electron chi connectivity index (χ0n) is 9.97. The molecule has 0 unspecified atom stereocenters. The van der Waals surface area contributed by atoms with Crippen LogP contribution in [0.15, 0.2) is 34.8 Å². The molecule has 0 amide bonds. The van der Waals surface area contributed by atoms with Gasteiger partial charge in [-0.15, -0.1) is 0 Å². The lowest BCUT2D eigenvalue weighted by Gasteiger charge is -1.99. The molecule has 1 N–H and O–H groups in total. The van der Waals surface area contributed by atoms with Crippen LogP contribution < -0.4 is 0 Å². The number of H-pyrrole nitrogens is 1. The molecule has 0 saturated heterocycles. The van der Waals surface area contributed by atoms with Crippen molar-refractivity contribution in [3.8, 4) is 11.4 Å². The number of hydrogen-bond acceptors (Lipinski definition) is 1. The van der Waals surface area contributed by atoms with Crippen LogP contribution in [0.25, 0.3) is 22.4 Å². The van der Waals surface area contributed by atoms with Crippen LogP contribution in [-0.2, 0) is 0 Å². The molecule has 0 fully saturated rings. The molecule has 0 atom stereocenters. The molecule has 0 radical (unpaired) electrons. The van der Waals surface area contributed by atoms with Crippen molar-refractivity contribution < 1.29 is 8.78 Å². The number of nitrogens with zero attached hydrogens (tertiary/aromatic N) is 1. The second-order valence-corrected chi connectivity index (χ2v) is 5.19. The summed E-state index contributed by atoms with van der Waals surface area (Å²) < 4.78 is 27.0. The number of halogens is 3. The predicted octanol–water partition coefficient (Wildman–Crippen LogP) is 4.58. The van der Waals surface area contributed by atoms with Crippen molar-refractivity contribution >= 4 is 27.0 Å². The molecule has 5 heteroatoms. The SMILES string of the molecule is Cc1cc(-c2nc3cc(Br)c(F)cc3[nH]2)ccc1F. The fraction of sp³-hybridized carbons (Fsp3) is 0.0714. The predicted molar refractivity (Wildman–Crippen MR) is 73.9 cm³/mol. The van der Waals surface area contributed by atoms with E-state index in [4.69, 9.17) is 0 Å². The average Bonchev–Trinajstić information content (AvgIpc) is 2.76. The fourth-order valence-electron chi connectivity index (χ4n) is 1.93. The quantitative estimate of drug-likeness (QED) is 0.698. The van der Waals surface area contributed by atoms with Gasteiger partial charge in [-0.2, -0.15) is 0 Å². The first-order valence-corrected chi connectivity index (χ1v) is 6.45. The third kappa shape index (κ3) is 2.14. The molecule has 0 aliphatic heterocycles. The van der Waals surface area contributed by atoms with Crippen molar-refractivity contribution in [2.45, 2.75) is 6.92 Å². The lowest BCUT2D eigenvalue weighted by molar-refractivity contribution is 0.618. The van der Waals surface area contributed by atoms with Gasteiger partial charge in [0.25, 0.3) is 0 Å². The van der Waals surface area contributed by atoms with Crippen LogP contribution in [0.5, 0.6) is 0 Å². The topological polar surface area (TPSA) is 28.7 Å². The minimum absolute atomic E-state index is 0.256. The van der Waals surface area contributed by atoms with Crippen LogP contribution in [0, 0.1) is 18.6 Å². The first-order chi connectivity index (χ1) is 9.04. The molecule has 3 rings (SSSR count). The third-order valence-electron chi connectivity index (χ3n) is 2.96. The maximum absolute atomic E-state index is 13.4. The van der Waals surface area contributed by atoms with Crippen LogP contribution in [0.3, 0.4) is 0 Å². The molecule has 0 saturated carbocycles. The molecule has 0 aliphatic carbocycles. The van der Waals surface area contributed by atoms with Gasteiger partial charge in [0.05, 0.1) is 15.5 Å². The summed E-state index contributed by atoms with van der Waals surface area (Å²) in [6.07, 6.45) is 0. The maximum atomic E-state index is 13.4. The number of imidazole rings is 1. The summed E-state index contributed by atoms with van der Waals surface area (Å²) in [5.74, 6) is -0.0118. The average molecular weight is 323 g/mol. The number of benzene rings is 2. The van der Waals surface area contributed by atoms with Crippen LogP contribution in [0.4, 0.5) is 8.78 Å². The number of aryl methyl sites for hydroxylation is 1. The minimum Gasteiger partial charge on any atom is -0.338 e. The summed E-state index contributed by atoms with van der Waals surface area (Å²) in [4.78, 5) is 7.41. The Kier molecular flexibility index (Phi) is 2.86. The molecular formula is C14H9BrF2N2. The number of fused-ring (bicyclic) bond motifs is 1. The number of aromatic amines is 1. The van der Waals surface area contributed by atoms with Gasteiger partial charge in [0, 0.05) is 11.6 Å². The lowest BCUT2D eigenvalue weighted by Crippen LogP contribution is -1.85. The standard InChI is InChI=1S/C14H9BrF2N2/c1-7-4-8(2-3-10(7)16)14-18-12-5-9(15)11(17)6-13(12)19-14/h2-6H,1H3,(H,18,19). The van der Waals surface area contributed by atoms with Gasteiger partial charge in [-0.1, -0.05) is 0 Å². The Bertz CT molecular complexity index is 741. The number of hydrogen-bond donors (Lipinski definition) is 1. The van der Waals surface area contributed by atoms with Gasteiger partial charge in [0.2, 0.25) is 0 Å². The Hall–Kier alpha value is -1.75. The highest BCUT2D eigenvalue weighted by atomic mass is 79.9. The molecule has 2 nitrogen and oxygen atoms in total. The fourth-order valence-corrected chi connectivity index (χ4v) is 2.26.